The third kappa shape index (κ3) is 9.30. The zero-order valence-electron chi connectivity index (χ0n) is 18.8. The van der Waals surface area contributed by atoms with Gasteiger partial charge in [0.05, 0.1) is 6.54 Å². The van der Waals surface area contributed by atoms with Crippen molar-refractivity contribution < 1.29 is 9.47 Å². The molecule has 3 rings (SSSR count). The molecule has 8 heteroatoms. The number of nitrogens with zero attached hydrogens (tertiary/aromatic N) is 2. The van der Waals surface area contributed by atoms with Crippen molar-refractivity contribution in [2.75, 3.05) is 40.0 Å². The molecule has 0 atom stereocenters. The molecule has 0 spiro atoms. The van der Waals surface area contributed by atoms with Gasteiger partial charge in [-0.15, -0.1) is 24.0 Å². The van der Waals surface area contributed by atoms with Crippen molar-refractivity contribution in [2.45, 2.75) is 32.4 Å². The average Bonchev–Trinajstić information content (AvgIpc) is 2.81. The van der Waals surface area contributed by atoms with Crippen molar-refractivity contribution in [3.05, 3.63) is 70.1 Å². The minimum absolute atomic E-state index is 0. The summed E-state index contributed by atoms with van der Waals surface area (Å²) in [7, 11) is 1.78. The monoisotopic (exact) mass is 554 g/mol. The predicted octanol–water partition coefficient (Wildman–Crippen LogP) is 3.01. The molecule has 2 heterocycles. The van der Waals surface area contributed by atoms with Crippen LogP contribution in [-0.4, -0.2) is 50.5 Å². The highest BCUT2D eigenvalue weighted by atomic mass is 127. The van der Waals surface area contributed by atoms with Gasteiger partial charge in [0.15, 0.2) is 5.96 Å². The van der Waals surface area contributed by atoms with E-state index in [1.54, 1.807) is 23.7 Å². The van der Waals surface area contributed by atoms with Gasteiger partial charge in [0, 0.05) is 58.8 Å². The van der Waals surface area contributed by atoms with E-state index in [0.717, 1.165) is 69.3 Å². The summed E-state index contributed by atoms with van der Waals surface area (Å²) in [5, 5.41) is 6.66. The van der Waals surface area contributed by atoms with Gasteiger partial charge in [-0.25, -0.2) is 0 Å². The maximum Gasteiger partial charge on any atom is 0.250 e. The maximum absolute atomic E-state index is 11.8. The lowest BCUT2D eigenvalue weighted by Gasteiger charge is -2.21. The number of guanidine groups is 1. The molecule has 1 aromatic heterocycles. The summed E-state index contributed by atoms with van der Waals surface area (Å²) >= 11 is 0. The zero-order chi connectivity index (χ0) is 21.7. The largest absolute Gasteiger partial charge is 0.381 e. The van der Waals surface area contributed by atoms with E-state index in [9.17, 15) is 4.79 Å². The molecule has 2 N–H and O–H groups in total. The summed E-state index contributed by atoms with van der Waals surface area (Å²) in [4.78, 5) is 16.1. The molecular weight excluding hydrogens is 519 g/mol. The molecule has 1 fully saturated rings. The lowest BCUT2D eigenvalue weighted by Crippen LogP contribution is -2.37. The topological polar surface area (TPSA) is 76.9 Å². The van der Waals surface area contributed by atoms with Crippen molar-refractivity contribution in [3.8, 4) is 0 Å². The van der Waals surface area contributed by atoms with E-state index in [4.69, 9.17) is 9.47 Å². The van der Waals surface area contributed by atoms with E-state index in [2.05, 4.69) is 39.9 Å². The molecule has 0 unspecified atom stereocenters. The molecule has 0 bridgehead atoms. The molecule has 0 aliphatic carbocycles. The lowest BCUT2D eigenvalue weighted by molar-refractivity contribution is 0.0203. The second-order valence-electron chi connectivity index (χ2n) is 7.82. The van der Waals surface area contributed by atoms with Crippen LogP contribution in [0.2, 0.25) is 0 Å². The van der Waals surface area contributed by atoms with Crippen LogP contribution in [0.5, 0.6) is 0 Å². The Hall–Kier alpha value is -1.91. The number of nitrogens with one attached hydrogen (secondary N) is 2. The van der Waals surface area contributed by atoms with Crippen LogP contribution in [0.1, 0.15) is 30.4 Å². The quantitative estimate of drug-likeness (QED) is 0.205. The molecule has 1 aromatic carbocycles. The summed E-state index contributed by atoms with van der Waals surface area (Å²) in [5.41, 5.74) is 2.27. The van der Waals surface area contributed by atoms with Crippen LogP contribution < -0.4 is 16.2 Å². The van der Waals surface area contributed by atoms with Gasteiger partial charge in [-0.1, -0.05) is 30.3 Å². The molecule has 0 radical (unpaired) electrons. The van der Waals surface area contributed by atoms with E-state index in [0.29, 0.717) is 19.0 Å². The molecule has 0 saturated carbocycles. The fourth-order valence-corrected chi connectivity index (χ4v) is 3.50. The average molecular weight is 554 g/mol. The van der Waals surface area contributed by atoms with Crippen LogP contribution >= 0.6 is 24.0 Å². The first kappa shape index (κ1) is 26.3. The van der Waals surface area contributed by atoms with Gasteiger partial charge in [-0.2, -0.15) is 0 Å². The number of pyridine rings is 1. The zero-order valence-corrected chi connectivity index (χ0v) is 21.1. The smallest absolute Gasteiger partial charge is 0.250 e. The molecule has 7 nitrogen and oxygen atoms in total. The highest BCUT2D eigenvalue weighted by Gasteiger charge is 2.13. The minimum atomic E-state index is 0. The van der Waals surface area contributed by atoms with Gasteiger partial charge in [0.25, 0.3) is 5.56 Å². The van der Waals surface area contributed by atoms with Crippen LogP contribution in [0.15, 0.2) is 58.4 Å². The van der Waals surface area contributed by atoms with Crippen LogP contribution in [-0.2, 0) is 22.6 Å². The molecule has 176 valence electrons. The molecule has 1 aliphatic heterocycles. The highest BCUT2D eigenvalue weighted by molar-refractivity contribution is 14.0. The molecular formula is C24H35IN4O3. The van der Waals surface area contributed by atoms with Crippen LogP contribution in [0, 0.1) is 5.92 Å². The molecule has 0 amide bonds. The van der Waals surface area contributed by atoms with Crippen LogP contribution in [0.4, 0.5) is 0 Å². The molecule has 1 saturated heterocycles. The minimum Gasteiger partial charge on any atom is -0.381 e. The van der Waals surface area contributed by atoms with Crippen molar-refractivity contribution in [3.63, 3.8) is 0 Å². The molecule has 2 aromatic rings. The van der Waals surface area contributed by atoms with Gasteiger partial charge < -0.3 is 24.7 Å². The first-order chi connectivity index (χ1) is 15.2. The Morgan fingerprint density at radius 3 is 2.59 bits per heavy atom. The third-order valence-corrected chi connectivity index (χ3v) is 5.41. The Morgan fingerprint density at radius 1 is 1.12 bits per heavy atom. The Morgan fingerprint density at radius 2 is 1.88 bits per heavy atom. The molecule has 32 heavy (non-hydrogen) atoms. The number of halogens is 1. The van der Waals surface area contributed by atoms with E-state index < -0.39 is 0 Å². The van der Waals surface area contributed by atoms with E-state index in [1.165, 1.54) is 0 Å². The Kier molecular flexibility index (Phi) is 12.4. The van der Waals surface area contributed by atoms with Crippen molar-refractivity contribution in [2.24, 2.45) is 10.9 Å². The highest BCUT2D eigenvalue weighted by Crippen LogP contribution is 2.14. The number of hydrogen-bond acceptors (Lipinski definition) is 4. The van der Waals surface area contributed by atoms with Crippen LogP contribution in [0.25, 0.3) is 0 Å². The fourth-order valence-electron chi connectivity index (χ4n) is 3.50. The predicted molar refractivity (Wildman–Crippen MR) is 139 cm³/mol. The first-order valence-electron chi connectivity index (χ1n) is 11.1. The van der Waals surface area contributed by atoms with Crippen molar-refractivity contribution >= 4 is 29.9 Å². The van der Waals surface area contributed by atoms with E-state index in [1.807, 2.05) is 12.3 Å². The van der Waals surface area contributed by atoms with E-state index >= 15 is 0 Å². The van der Waals surface area contributed by atoms with Gasteiger partial charge >= 0.3 is 0 Å². The van der Waals surface area contributed by atoms with Crippen LogP contribution in [0.3, 0.4) is 0 Å². The number of hydrogen-bond donors (Lipinski definition) is 2. The number of rotatable bonds is 10. The maximum atomic E-state index is 11.8. The third-order valence-electron chi connectivity index (χ3n) is 5.41. The summed E-state index contributed by atoms with van der Waals surface area (Å²) < 4.78 is 12.9. The van der Waals surface area contributed by atoms with Gasteiger partial charge in [0.2, 0.25) is 0 Å². The molecule has 1 aliphatic rings. The summed E-state index contributed by atoms with van der Waals surface area (Å²) in [6.45, 7) is 5.41. The summed E-state index contributed by atoms with van der Waals surface area (Å²) in [6.07, 6.45) is 4.97. The standard InChI is InChI=1S/C24H34N4O3.HI/c1-25-24(26-12-4-14-31-19-22-10-15-30-16-11-22)27-17-20-6-8-21(9-7-20)18-28-13-3-2-5-23(28)29;/h2-3,5-9,13,22H,4,10-12,14-19H2,1H3,(H2,25,26,27);1H. The SMILES string of the molecule is CN=C(NCCCOCC1CCOCC1)NCc1ccc(Cn2ccccc2=O)cc1.I. The lowest BCUT2D eigenvalue weighted by atomic mass is 10.0. The van der Waals surface area contributed by atoms with Gasteiger partial charge in [0.1, 0.15) is 0 Å². The van der Waals surface area contributed by atoms with Gasteiger partial charge in [-0.3, -0.25) is 9.79 Å². The normalized spacial score (nSPS) is 14.6. The Balaban J connectivity index is 0.00000363. The number of aromatic nitrogens is 1. The Labute approximate surface area is 207 Å². The second-order valence-corrected chi connectivity index (χ2v) is 7.82. The number of ether oxygens (including phenoxy) is 2. The number of aliphatic imine (C=N–C) groups is 1. The second kappa shape index (κ2) is 15.0. The van der Waals surface area contributed by atoms with Gasteiger partial charge in [-0.05, 0) is 42.4 Å². The van der Waals surface area contributed by atoms with Crippen molar-refractivity contribution in [1.29, 1.82) is 0 Å². The summed E-state index contributed by atoms with van der Waals surface area (Å²) in [5.74, 6) is 1.43. The summed E-state index contributed by atoms with van der Waals surface area (Å²) in [6, 6.07) is 13.5. The van der Waals surface area contributed by atoms with Crippen molar-refractivity contribution in [1.82, 2.24) is 15.2 Å². The fraction of sp³-hybridized carbons (Fsp3) is 0.500. The van der Waals surface area contributed by atoms with E-state index in [-0.39, 0.29) is 29.5 Å². The number of benzene rings is 1. The first-order valence-corrected chi connectivity index (χ1v) is 11.1. The Bertz CT molecular complexity index is 864.